The summed E-state index contributed by atoms with van der Waals surface area (Å²) in [5.74, 6) is 1.27. The number of tetrazole rings is 1. The van der Waals surface area contributed by atoms with Crippen LogP contribution in [-0.2, 0) is 29.4 Å². The summed E-state index contributed by atoms with van der Waals surface area (Å²) in [5.41, 5.74) is 2.26. The maximum absolute atomic E-state index is 13.2. The van der Waals surface area contributed by atoms with E-state index in [1.807, 2.05) is 42.5 Å². The summed E-state index contributed by atoms with van der Waals surface area (Å²) in [6, 6.07) is 24.9. The number of hydroxylamine groups is 2. The minimum Gasteiger partial charge on any atom is -0.489 e. The molecular formula is C32H33N7O5S2. The van der Waals surface area contributed by atoms with E-state index in [2.05, 4.69) is 20.1 Å². The summed E-state index contributed by atoms with van der Waals surface area (Å²) in [4.78, 5) is 18.2. The van der Waals surface area contributed by atoms with Crippen molar-refractivity contribution in [3.8, 4) is 11.4 Å². The summed E-state index contributed by atoms with van der Waals surface area (Å²) < 4.78 is 37.6. The molecule has 0 bridgehead atoms. The van der Waals surface area contributed by atoms with Gasteiger partial charge in [0.15, 0.2) is 0 Å². The molecule has 5 aromatic rings. The van der Waals surface area contributed by atoms with Gasteiger partial charge in [0.1, 0.15) is 11.9 Å². The van der Waals surface area contributed by atoms with E-state index in [4.69, 9.17) is 4.74 Å². The molecule has 6 rings (SSSR count). The zero-order valence-corrected chi connectivity index (χ0v) is 26.5. The van der Waals surface area contributed by atoms with E-state index >= 15 is 0 Å². The Morgan fingerprint density at radius 1 is 1.02 bits per heavy atom. The van der Waals surface area contributed by atoms with E-state index in [1.165, 1.54) is 20.5 Å². The maximum atomic E-state index is 13.2. The van der Waals surface area contributed by atoms with Crippen LogP contribution in [0.15, 0.2) is 112 Å². The van der Waals surface area contributed by atoms with Crippen molar-refractivity contribution in [3.63, 3.8) is 0 Å². The third kappa shape index (κ3) is 7.83. The molecule has 0 saturated carbocycles. The molecule has 3 aromatic carbocycles. The van der Waals surface area contributed by atoms with Crippen molar-refractivity contribution < 1.29 is 18.4 Å². The SMILES string of the molecule is O=c1n(CCSc2ccccc2)nnn1-c1ccc(NS(=O)(=O)c2ccc3c(c2)CC[C@H](CN(O)CCc2cccnc2)O3)cc1. The maximum Gasteiger partial charge on any atom is 0.368 e. The number of nitrogens with one attached hydrogen (secondary N) is 1. The minimum absolute atomic E-state index is 0.116. The van der Waals surface area contributed by atoms with Gasteiger partial charge in [-0.15, -0.1) is 11.8 Å². The van der Waals surface area contributed by atoms with Gasteiger partial charge in [0.25, 0.3) is 10.0 Å². The van der Waals surface area contributed by atoms with Gasteiger partial charge in [0.2, 0.25) is 0 Å². The fourth-order valence-electron chi connectivity index (χ4n) is 5.08. The van der Waals surface area contributed by atoms with Crippen molar-refractivity contribution in [2.45, 2.75) is 41.7 Å². The Balaban J connectivity index is 1.03. The number of rotatable bonds is 13. The van der Waals surface area contributed by atoms with Gasteiger partial charge in [-0.3, -0.25) is 9.71 Å². The minimum atomic E-state index is -3.89. The van der Waals surface area contributed by atoms with Crippen LogP contribution in [0.1, 0.15) is 17.5 Å². The van der Waals surface area contributed by atoms with Gasteiger partial charge >= 0.3 is 5.69 Å². The molecule has 0 spiro atoms. The first-order chi connectivity index (χ1) is 22.3. The summed E-state index contributed by atoms with van der Waals surface area (Å²) in [5, 5.41) is 19.6. The number of aromatic nitrogens is 5. The monoisotopic (exact) mass is 659 g/mol. The molecule has 0 unspecified atom stereocenters. The topological polar surface area (TPSA) is 144 Å². The number of pyridine rings is 1. The van der Waals surface area contributed by atoms with Crippen LogP contribution in [0.5, 0.6) is 5.75 Å². The van der Waals surface area contributed by atoms with Crippen LogP contribution in [0.3, 0.4) is 0 Å². The van der Waals surface area contributed by atoms with Gasteiger partial charge in [-0.2, -0.15) is 14.4 Å². The van der Waals surface area contributed by atoms with Gasteiger partial charge in [-0.1, -0.05) is 24.3 Å². The second-order valence-electron chi connectivity index (χ2n) is 10.8. The number of thioether (sulfide) groups is 1. The van der Waals surface area contributed by atoms with E-state index in [1.54, 1.807) is 60.6 Å². The molecule has 1 aliphatic heterocycles. The van der Waals surface area contributed by atoms with Gasteiger partial charge in [0.05, 0.1) is 23.7 Å². The molecule has 2 N–H and O–H groups in total. The average Bonchev–Trinajstić information content (AvgIpc) is 3.44. The second-order valence-corrected chi connectivity index (χ2v) is 13.6. The Bertz CT molecular complexity index is 1920. The Morgan fingerprint density at radius 2 is 1.85 bits per heavy atom. The van der Waals surface area contributed by atoms with Gasteiger partial charge in [-0.05, 0) is 101 Å². The van der Waals surface area contributed by atoms with Crippen LogP contribution in [0.2, 0.25) is 0 Å². The first kappa shape index (κ1) is 31.5. The molecule has 1 aliphatic rings. The molecule has 0 fully saturated rings. The number of fused-ring (bicyclic) bond motifs is 1. The Labute approximate surface area is 270 Å². The van der Waals surface area contributed by atoms with Crippen molar-refractivity contribution in [2.75, 3.05) is 23.6 Å². The number of anilines is 1. The molecule has 3 heterocycles. The smallest absolute Gasteiger partial charge is 0.368 e. The molecule has 1 atom stereocenters. The molecule has 0 aliphatic carbocycles. The number of nitrogens with zero attached hydrogens (tertiary/aromatic N) is 6. The fourth-order valence-corrected chi connectivity index (χ4v) is 7.03. The number of ether oxygens (including phenoxy) is 1. The number of hydrogen-bond donors (Lipinski definition) is 2. The highest BCUT2D eigenvalue weighted by Crippen LogP contribution is 2.31. The predicted octanol–water partition coefficient (Wildman–Crippen LogP) is 4.04. The van der Waals surface area contributed by atoms with Crippen molar-refractivity contribution in [1.82, 2.24) is 29.8 Å². The van der Waals surface area contributed by atoms with Crippen LogP contribution >= 0.6 is 11.8 Å². The summed E-state index contributed by atoms with van der Waals surface area (Å²) in [7, 11) is -3.89. The highest BCUT2D eigenvalue weighted by atomic mass is 32.2. The lowest BCUT2D eigenvalue weighted by atomic mass is 10.0. The fraction of sp³-hybridized carbons (Fsp3) is 0.250. The Kier molecular flexibility index (Phi) is 9.78. The Hall–Kier alpha value is -4.50. The molecule has 12 nitrogen and oxygen atoms in total. The number of sulfonamides is 1. The average molecular weight is 660 g/mol. The summed E-state index contributed by atoms with van der Waals surface area (Å²) >= 11 is 1.62. The lowest BCUT2D eigenvalue weighted by molar-refractivity contribution is -0.110. The van der Waals surface area contributed by atoms with Crippen LogP contribution in [0, 0.1) is 0 Å². The highest BCUT2D eigenvalue weighted by Gasteiger charge is 2.24. The van der Waals surface area contributed by atoms with Gasteiger partial charge in [-0.25, -0.2) is 13.2 Å². The Morgan fingerprint density at radius 3 is 2.63 bits per heavy atom. The van der Waals surface area contributed by atoms with Gasteiger partial charge < -0.3 is 9.94 Å². The second kappa shape index (κ2) is 14.3. The van der Waals surface area contributed by atoms with Crippen LogP contribution < -0.4 is 15.1 Å². The lowest BCUT2D eigenvalue weighted by Gasteiger charge is -2.29. The van der Waals surface area contributed by atoms with E-state index in [9.17, 15) is 18.4 Å². The molecule has 0 saturated heterocycles. The summed E-state index contributed by atoms with van der Waals surface area (Å²) in [6.45, 7) is 1.19. The highest BCUT2D eigenvalue weighted by molar-refractivity contribution is 7.99. The number of aryl methyl sites for hydroxylation is 2. The molecule has 0 amide bonds. The van der Waals surface area contributed by atoms with E-state index < -0.39 is 10.0 Å². The van der Waals surface area contributed by atoms with Crippen LogP contribution in [0.4, 0.5) is 5.69 Å². The zero-order chi connectivity index (χ0) is 31.9. The molecule has 2 aromatic heterocycles. The van der Waals surface area contributed by atoms with Crippen molar-refractivity contribution in [2.24, 2.45) is 0 Å². The number of hydrogen-bond acceptors (Lipinski definition) is 10. The molecule has 0 radical (unpaired) electrons. The normalized spacial score (nSPS) is 14.5. The van der Waals surface area contributed by atoms with E-state index in [-0.39, 0.29) is 16.7 Å². The third-order valence-corrected chi connectivity index (χ3v) is 9.86. The lowest BCUT2D eigenvalue weighted by Crippen LogP contribution is -2.36. The third-order valence-electron chi connectivity index (χ3n) is 7.49. The predicted molar refractivity (Wildman–Crippen MR) is 174 cm³/mol. The quantitative estimate of drug-likeness (QED) is 0.140. The first-order valence-electron chi connectivity index (χ1n) is 14.8. The first-order valence-corrected chi connectivity index (χ1v) is 17.3. The van der Waals surface area contributed by atoms with E-state index in [0.29, 0.717) is 61.8 Å². The van der Waals surface area contributed by atoms with Gasteiger partial charge in [0, 0.05) is 35.3 Å². The molecular weight excluding hydrogens is 627 g/mol. The molecule has 238 valence electrons. The van der Waals surface area contributed by atoms with Crippen molar-refractivity contribution >= 4 is 27.5 Å². The van der Waals surface area contributed by atoms with Crippen LogP contribution in [0.25, 0.3) is 5.69 Å². The standard InChI is InChI=1S/C32H33N7O5S2/c40-32-38(19-20-45-29-6-2-1-3-7-29)35-36-39(32)27-11-9-26(10-12-27)34-46(42,43)30-14-15-31-25(21-30)8-13-28(44-31)23-37(41)18-16-24-5-4-17-33-22-24/h1-7,9-12,14-15,17,21-22,28,34,41H,8,13,16,18-20,23H2/t28-/m1/s1. The molecule has 46 heavy (non-hydrogen) atoms. The van der Waals surface area contributed by atoms with E-state index in [0.717, 1.165) is 16.0 Å². The van der Waals surface area contributed by atoms with Crippen molar-refractivity contribution in [3.05, 3.63) is 119 Å². The van der Waals surface area contributed by atoms with Crippen molar-refractivity contribution in [1.29, 1.82) is 0 Å². The molecule has 14 heteroatoms. The zero-order valence-electron chi connectivity index (χ0n) is 24.8. The number of benzene rings is 3. The summed E-state index contributed by atoms with van der Waals surface area (Å²) in [6.07, 6.45) is 5.21. The van der Waals surface area contributed by atoms with Crippen LogP contribution in [-0.4, -0.2) is 68.4 Å². The largest absolute Gasteiger partial charge is 0.489 e.